The van der Waals surface area contributed by atoms with Gasteiger partial charge in [-0.1, -0.05) is 27.7 Å². The Morgan fingerprint density at radius 3 is 2.35 bits per heavy atom. The van der Waals surface area contributed by atoms with Crippen LogP contribution in [0.25, 0.3) is 0 Å². The number of piperazine rings is 1. The zero-order valence-corrected chi connectivity index (χ0v) is 11.9. The number of nitrogens with zero attached hydrogens (tertiary/aromatic N) is 1. The van der Waals surface area contributed by atoms with Crippen molar-refractivity contribution in [2.75, 3.05) is 13.1 Å². The van der Waals surface area contributed by atoms with Crippen LogP contribution in [-0.2, 0) is 0 Å². The van der Waals surface area contributed by atoms with E-state index in [0.717, 1.165) is 30.0 Å². The second-order valence-corrected chi connectivity index (χ2v) is 7.57. The highest BCUT2D eigenvalue weighted by Crippen LogP contribution is 2.50. The third kappa shape index (κ3) is 2.26. The van der Waals surface area contributed by atoms with Gasteiger partial charge in [0.05, 0.1) is 0 Å². The SMILES string of the molecule is CC(C)C1CNC(C2CC2)CN1C1CC1(C)C. The monoisotopic (exact) mass is 236 g/mol. The van der Waals surface area contributed by atoms with Crippen LogP contribution in [0.2, 0.25) is 0 Å². The molecule has 1 N–H and O–H groups in total. The van der Waals surface area contributed by atoms with E-state index in [1.807, 2.05) is 0 Å². The Hall–Kier alpha value is -0.0800. The van der Waals surface area contributed by atoms with E-state index in [-0.39, 0.29) is 0 Å². The van der Waals surface area contributed by atoms with Crippen LogP contribution >= 0.6 is 0 Å². The number of rotatable bonds is 3. The highest BCUT2D eigenvalue weighted by atomic mass is 15.3. The van der Waals surface area contributed by atoms with Gasteiger partial charge in [0.1, 0.15) is 0 Å². The molecule has 98 valence electrons. The van der Waals surface area contributed by atoms with Gasteiger partial charge in [0.15, 0.2) is 0 Å². The molecule has 3 atom stereocenters. The molecule has 3 unspecified atom stereocenters. The maximum atomic E-state index is 3.81. The van der Waals surface area contributed by atoms with Crippen molar-refractivity contribution in [3.63, 3.8) is 0 Å². The predicted octanol–water partition coefficient (Wildman–Crippen LogP) is 2.49. The maximum absolute atomic E-state index is 3.81. The Kier molecular flexibility index (Phi) is 2.79. The molecule has 17 heavy (non-hydrogen) atoms. The fourth-order valence-electron chi connectivity index (χ4n) is 3.61. The minimum atomic E-state index is 0.582. The number of hydrogen-bond acceptors (Lipinski definition) is 2. The van der Waals surface area contributed by atoms with Crippen LogP contribution in [0.4, 0.5) is 0 Å². The van der Waals surface area contributed by atoms with Crippen LogP contribution in [-0.4, -0.2) is 36.1 Å². The van der Waals surface area contributed by atoms with Gasteiger partial charge in [0.2, 0.25) is 0 Å². The van der Waals surface area contributed by atoms with Gasteiger partial charge in [-0.3, -0.25) is 4.90 Å². The molecule has 3 aliphatic rings. The van der Waals surface area contributed by atoms with Gasteiger partial charge >= 0.3 is 0 Å². The van der Waals surface area contributed by atoms with Crippen molar-refractivity contribution >= 4 is 0 Å². The Morgan fingerprint density at radius 2 is 1.88 bits per heavy atom. The zero-order valence-electron chi connectivity index (χ0n) is 11.9. The van der Waals surface area contributed by atoms with Gasteiger partial charge in [0.25, 0.3) is 0 Å². The van der Waals surface area contributed by atoms with Crippen LogP contribution < -0.4 is 5.32 Å². The molecule has 0 aromatic rings. The predicted molar refractivity (Wildman–Crippen MR) is 72.0 cm³/mol. The summed E-state index contributed by atoms with van der Waals surface area (Å²) in [5, 5.41) is 3.81. The molecule has 0 aromatic heterocycles. The molecule has 3 fully saturated rings. The molecule has 2 heteroatoms. The van der Waals surface area contributed by atoms with Crippen molar-refractivity contribution in [1.82, 2.24) is 10.2 Å². The van der Waals surface area contributed by atoms with Gasteiger partial charge in [-0.15, -0.1) is 0 Å². The fraction of sp³-hybridized carbons (Fsp3) is 1.00. The van der Waals surface area contributed by atoms with Crippen LogP contribution in [0.1, 0.15) is 47.0 Å². The first kappa shape index (κ1) is 12.0. The molecule has 2 saturated carbocycles. The van der Waals surface area contributed by atoms with E-state index in [1.165, 1.54) is 32.4 Å². The molecule has 1 heterocycles. The summed E-state index contributed by atoms with van der Waals surface area (Å²) in [6, 6.07) is 2.41. The van der Waals surface area contributed by atoms with Gasteiger partial charge in [-0.25, -0.2) is 0 Å². The first-order valence-electron chi connectivity index (χ1n) is 7.48. The number of nitrogens with one attached hydrogen (secondary N) is 1. The van der Waals surface area contributed by atoms with Gasteiger partial charge < -0.3 is 5.32 Å². The Balaban J connectivity index is 1.69. The highest BCUT2D eigenvalue weighted by Gasteiger charge is 2.53. The summed E-state index contributed by atoms with van der Waals surface area (Å²) in [7, 11) is 0. The van der Waals surface area contributed by atoms with Gasteiger partial charge in [-0.05, 0) is 36.5 Å². The summed E-state index contributed by atoms with van der Waals surface area (Å²) < 4.78 is 0. The van der Waals surface area contributed by atoms with Crippen molar-refractivity contribution in [3.8, 4) is 0 Å². The van der Waals surface area contributed by atoms with E-state index < -0.39 is 0 Å². The lowest BCUT2D eigenvalue weighted by atomic mass is 9.96. The lowest BCUT2D eigenvalue weighted by Gasteiger charge is -2.43. The summed E-state index contributed by atoms with van der Waals surface area (Å²) >= 11 is 0. The molecule has 0 aromatic carbocycles. The Morgan fingerprint density at radius 1 is 1.24 bits per heavy atom. The summed E-state index contributed by atoms with van der Waals surface area (Å²) in [6.07, 6.45) is 4.34. The Labute approximate surface area is 106 Å². The molecule has 0 spiro atoms. The van der Waals surface area contributed by atoms with Crippen LogP contribution in [0.3, 0.4) is 0 Å². The third-order valence-electron chi connectivity index (χ3n) is 5.24. The normalized spacial score (nSPS) is 41.8. The van der Waals surface area contributed by atoms with Crippen molar-refractivity contribution in [1.29, 1.82) is 0 Å². The maximum Gasteiger partial charge on any atom is 0.0247 e. The van der Waals surface area contributed by atoms with Crippen LogP contribution in [0.5, 0.6) is 0 Å². The Bertz CT molecular complexity index is 293. The first-order valence-corrected chi connectivity index (χ1v) is 7.48. The molecule has 0 bridgehead atoms. The van der Waals surface area contributed by atoms with E-state index in [9.17, 15) is 0 Å². The lowest BCUT2D eigenvalue weighted by molar-refractivity contribution is 0.0736. The average Bonchev–Trinajstić information content (AvgIpc) is 3.13. The molecule has 2 aliphatic carbocycles. The minimum Gasteiger partial charge on any atom is -0.311 e. The molecule has 3 rings (SSSR count). The van der Waals surface area contributed by atoms with Gasteiger partial charge in [0, 0.05) is 31.2 Å². The molecular weight excluding hydrogens is 208 g/mol. The second kappa shape index (κ2) is 3.96. The summed E-state index contributed by atoms with van der Waals surface area (Å²) in [6.45, 7) is 12.2. The minimum absolute atomic E-state index is 0.582. The van der Waals surface area contributed by atoms with Crippen molar-refractivity contribution in [2.24, 2.45) is 17.3 Å². The van der Waals surface area contributed by atoms with Crippen LogP contribution in [0, 0.1) is 17.3 Å². The largest absolute Gasteiger partial charge is 0.311 e. The molecule has 2 nitrogen and oxygen atoms in total. The molecule has 1 aliphatic heterocycles. The number of hydrogen-bond donors (Lipinski definition) is 1. The zero-order chi connectivity index (χ0) is 12.2. The van der Waals surface area contributed by atoms with Crippen LogP contribution in [0.15, 0.2) is 0 Å². The summed E-state index contributed by atoms with van der Waals surface area (Å²) in [5.74, 6) is 1.77. The van der Waals surface area contributed by atoms with Crippen molar-refractivity contribution < 1.29 is 0 Å². The van der Waals surface area contributed by atoms with E-state index in [2.05, 4.69) is 37.9 Å². The van der Waals surface area contributed by atoms with Crippen molar-refractivity contribution in [3.05, 3.63) is 0 Å². The van der Waals surface area contributed by atoms with E-state index in [1.54, 1.807) is 0 Å². The molecule has 0 amide bonds. The topological polar surface area (TPSA) is 15.3 Å². The smallest absolute Gasteiger partial charge is 0.0247 e. The molecular formula is C15H28N2. The van der Waals surface area contributed by atoms with E-state index in [4.69, 9.17) is 0 Å². The second-order valence-electron chi connectivity index (χ2n) is 7.57. The highest BCUT2D eigenvalue weighted by molar-refractivity contribution is 5.08. The summed E-state index contributed by atoms with van der Waals surface area (Å²) in [5.41, 5.74) is 0.582. The molecule has 0 radical (unpaired) electrons. The molecule has 1 saturated heterocycles. The van der Waals surface area contributed by atoms with Gasteiger partial charge in [-0.2, -0.15) is 0 Å². The first-order chi connectivity index (χ1) is 7.99. The fourth-order valence-corrected chi connectivity index (χ4v) is 3.61. The summed E-state index contributed by atoms with van der Waals surface area (Å²) in [4.78, 5) is 2.85. The van der Waals surface area contributed by atoms with E-state index in [0.29, 0.717) is 5.41 Å². The van der Waals surface area contributed by atoms with E-state index >= 15 is 0 Å². The third-order valence-corrected chi connectivity index (χ3v) is 5.24. The van der Waals surface area contributed by atoms with Crippen molar-refractivity contribution in [2.45, 2.75) is 65.1 Å². The average molecular weight is 236 g/mol. The lowest BCUT2D eigenvalue weighted by Crippen LogP contribution is -2.60. The quantitative estimate of drug-likeness (QED) is 0.810. The standard InChI is InChI=1S/C15H28N2/c1-10(2)13-8-16-12(11-5-6-11)9-17(13)14-7-15(14,3)4/h10-14,16H,5-9H2,1-4H3.